The second kappa shape index (κ2) is 6.43. The Balaban J connectivity index is 2.18. The third-order valence-electron chi connectivity index (χ3n) is 3.73. The molecule has 0 aromatic heterocycles. The number of nitrogens with zero attached hydrogens (tertiary/aromatic N) is 1. The van der Waals surface area contributed by atoms with Crippen LogP contribution in [0.2, 0.25) is 5.02 Å². The smallest absolute Gasteiger partial charge is 0.243 e. The van der Waals surface area contributed by atoms with Crippen LogP contribution in [0.5, 0.6) is 0 Å². The molecule has 112 valence electrons. The number of rotatable bonds is 4. The molecule has 2 rings (SSSR count). The lowest BCUT2D eigenvalue weighted by molar-refractivity contribution is 0.337. The zero-order valence-corrected chi connectivity index (χ0v) is 13.5. The zero-order chi connectivity index (χ0) is 14.8. The number of aryl methyl sites for hydroxylation is 1. The van der Waals surface area contributed by atoms with Crippen LogP contribution < -0.4 is 5.32 Å². The first-order valence-electron chi connectivity index (χ1n) is 6.87. The molecule has 4 nitrogen and oxygen atoms in total. The van der Waals surface area contributed by atoms with Gasteiger partial charge in [-0.15, -0.1) is 0 Å². The van der Waals surface area contributed by atoms with Crippen LogP contribution in [0.3, 0.4) is 0 Å². The maximum absolute atomic E-state index is 12.6. The van der Waals surface area contributed by atoms with Crippen molar-refractivity contribution in [2.45, 2.75) is 37.1 Å². The molecule has 0 radical (unpaired) electrons. The normalized spacial score (nSPS) is 20.3. The summed E-state index contributed by atoms with van der Waals surface area (Å²) in [7, 11) is -1.85. The molecule has 1 aliphatic heterocycles. The van der Waals surface area contributed by atoms with E-state index in [1.54, 1.807) is 26.1 Å². The number of likely N-dealkylation sites (N-methyl/N-ethyl adjacent to an activating group) is 1. The van der Waals surface area contributed by atoms with Crippen molar-refractivity contribution in [3.63, 3.8) is 0 Å². The molecular weight excluding hydrogens is 296 g/mol. The first-order chi connectivity index (χ1) is 9.41. The molecule has 6 heteroatoms. The number of piperidine rings is 1. The van der Waals surface area contributed by atoms with Crippen molar-refractivity contribution in [1.82, 2.24) is 9.62 Å². The van der Waals surface area contributed by atoms with Gasteiger partial charge < -0.3 is 5.32 Å². The Labute approximate surface area is 126 Å². The molecule has 1 heterocycles. The highest BCUT2D eigenvalue weighted by atomic mass is 35.5. The minimum atomic E-state index is -3.48. The van der Waals surface area contributed by atoms with Crippen molar-refractivity contribution in [2.24, 2.45) is 0 Å². The average molecular weight is 317 g/mol. The molecule has 0 spiro atoms. The number of sulfonamides is 1. The summed E-state index contributed by atoms with van der Waals surface area (Å²) >= 11 is 5.92. The fourth-order valence-corrected chi connectivity index (χ4v) is 4.21. The summed E-state index contributed by atoms with van der Waals surface area (Å²) in [5.74, 6) is 0. The van der Waals surface area contributed by atoms with E-state index in [-0.39, 0.29) is 6.04 Å². The molecule has 20 heavy (non-hydrogen) atoms. The van der Waals surface area contributed by atoms with E-state index in [0.29, 0.717) is 16.5 Å². The highest BCUT2D eigenvalue weighted by Gasteiger charge is 2.26. The molecule has 0 saturated carbocycles. The predicted octanol–water partition coefficient (Wildman–Crippen LogP) is 2.41. The number of hydrogen-bond donors (Lipinski definition) is 1. The van der Waals surface area contributed by atoms with Gasteiger partial charge in [0.1, 0.15) is 0 Å². The van der Waals surface area contributed by atoms with Gasteiger partial charge in [0, 0.05) is 24.7 Å². The summed E-state index contributed by atoms with van der Waals surface area (Å²) < 4.78 is 26.7. The second-order valence-electron chi connectivity index (χ2n) is 5.34. The lowest BCUT2D eigenvalue weighted by atomic mass is 10.1. The van der Waals surface area contributed by atoms with Gasteiger partial charge >= 0.3 is 0 Å². The number of halogens is 1. The van der Waals surface area contributed by atoms with Gasteiger partial charge in [-0.3, -0.25) is 0 Å². The standard InChI is InChI=1S/C14H21ClN2O2S/c1-11-6-7-12(15)9-14(11)20(18,19)17(2)10-13-5-3-4-8-16-13/h6-7,9,13,16H,3-5,8,10H2,1-2H3. The Morgan fingerprint density at radius 3 is 2.80 bits per heavy atom. The van der Waals surface area contributed by atoms with Crippen LogP contribution in [-0.2, 0) is 10.0 Å². The highest BCUT2D eigenvalue weighted by molar-refractivity contribution is 7.89. The minimum Gasteiger partial charge on any atom is -0.313 e. The van der Waals surface area contributed by atoms with Gasteiger partial charge in [-0.1, -0.05) is 24.1 Å². The monoisotopic (exact) mass is 316 g/mol. The molecule has 1 aromatic rings. The Hall–Kier alpha value is -0.620. The molecule has 0 amide bonds. The van der Waals surface area contributed by atoms with Gasteiger partial charge in [-0.2, -0.15) is 4.31 Å². The predicted molar refractivity (Wildman–Crippen MR) is 81.6 cm³/mol. The van der Waals surface area contributed by atoms with E-state index in [1.807, 2.05) is 0 Å². The number of hydrogen-bond acceptors (Lipinski definition) is 3. The summed E-state index contributed by atoms with van der Waals surface area (Å²) in [4.78, 5) is 0.295. The fraction of sp³-hybridized carbons (Fsp3) is 0.571. The summed E-state index contributed by atoms with van der Waals surface area (Å²) in [5, 5.41) is 3.81. The van der Waals surface area contributed by atoms with Crippen molar-refractivity contribution >= 4 is 21.6 Å². The van der Waals surface area contributed by atoms with Crippen LogP contribution in [0.1, 0.15) is 24.8 Å². The summed E-state index contributed by atoms with van der Waals surface area (Å²) in [5.41, 5.74) is 0.720. The summed E-state index contributed by atoms with van der Waals surface area (Å²) in [6.45, 7) is 3.25. The van der Waals surface area contributed by atoms with Crippen molar-refractivity contribution < 1.29 is 8.42 Å². The Morgan fingerprint density at radius 1 is 1.40 bits per heavy atom. The van der Waals surface area contributed by atoms with Crippen LogP contribution in [0.25, 0.3) is 0 Å². The lowest BCUT2D eigenvalue weighted by Crippen LogP contribution is -2.44. The van der Waals surface area contributed by atoms with Gasteiger partial charge in [0.15, 0.2) is 0 Å². The molecule has 1 saturated heterocycles. The first-order valence-corrected chi connectivity index (χ1v) is 8.69. The largest absolute Gasteiger partial charge is 0.313 e. The molecule has 1 aromatic carbocycles. The topological polar surface area (TPSA) is 49.4 Å². The van der Waals surface area contributed by atoms with E-state index in [0.717, 1.165) is 24.9 Å². The molecule has 1 fully saturated rings. The average Bonchev–Trinajstić information content (AvgIpc) is 2.42. The summed E-state index contributed by atoms with van der Waals surface area (Å²) in [6.07, 6.45) is 3.34. The molecule has 0 bridgehead atoms. The van der Waals surface area contributed by atoms with E-state index < -0.39 is 10.0 Å². The van der Waals surface area contributed by atoms with Crippen molar-refractivity contribution in [2.75, 3.05) is 20.1 Å². The molecule has 0 aliphatic carbocycles. The lowest BCUT2D eigenvalue weighted by Gasteiger charge is -2.28. The minimum absolute atomic E-state index is 0.239. The SMILES string of the molecule is Cc1ccc(Cl)cc1S(=O)(=O)N(C)CC1CCCCN1. The number of nitrogens with one attached hydrogen (secondary N) is 1. The molecule has 1 N–H and O–H groups in total. The third-order valence-corrected chi connectivity index (χ3v) is 5.93. The van der Waals surface area contributed by atoms with E-state index >= 15 is 0 Å². The van der Waals surface area contributed by atoms with Gasteiger partial charge in [0.05, 0.1) is 4.90 Å². The molecule has 1 atom stereocenters. The van der Waals surface area contributed by atoms with E-state index in [4.69, 9.17) is 11.6 Å². The number of benzene rings is 1. The Kier molecular flexibility index (Phi) is 5.07. The van der Waals surface area contributed by atoms with Crippen molar-refractivity contribution in [3.8, 4) is 0 Å². The van der Waals surface area contributed by atoms with Gasteiger partial charge in [0.2, 0.25) is 10.0 Å². The third kappa shape index (κ3) is 3.52. The van der Waals surface area contributed by atoms with E-state index in [1.165, 1.54) is 16.8 Å². The van der Waals surface area contributed by atoms with E-state index in [2.05, 4.69) is 5.32 Å². The van der Waals surface area contributed by atoms with Crippen LogP contribution in [-0.4, -0.2) is 38.9 Å². The Bertz CT molecular complexity index is 569. The fourth-order valence-electron chi connectivity index (χ4n) is 2.51. The van der Waals surface area contributed by atoms with Crippen molar-refractivity contribution in [3.05, 3.63) is 28.8 Å². The maximum Gasteiger partial charge on any atom is 0.243 e. The molecular formula is C14H21ClN2O2S. The Morgan fingerprint density at radius 2 is 2.15 bits per heavy atom. The van der Waals surface area contributed by atoms with Crippen LogP contribution in [0, 0.1) is 6.92 Å². The van der Waals surface area contributed by atoms with Crippen LogP contribution >= 0.6 is 11.6 Å². The summed E-state index contributed by atoms with van der Waals surface area (Å²) in [6, 6.07) is 5.21. The quantitative estimate of drug-likeness (QED) is 0.928. The first kappa shape index (κ1) is 15.8. The molecule has 1 unspecified atom stereocenters. The van der Waals surface area contributed by atoms with Gasteiger partial charge in [0.25, 0.3) is 0 Å². The highest BCUT2D eigenvalue weighted by Crippen LogP contribution is 2.23. The maximum atomic E-state index is 12.6. The second-order valence-corrected chi connectivity index (χ2v) is 7.79. The van der Waals surface area contributed by atoms with Gasteiger partial charge in [-0.05, 0) is 44.0 Å². The van der Waals surface area contributed by atoms with E-state index in [9.17, 15) is 8.42 Å². The van der Waals surface area contributed by atoms with Crippen LogP contribution in [0.15, 0.2) is 23.1 Å². The van der Waals surface area contributed by atoms with Crippen LogP contribution in [0.4, 0.5) is 0 Å². The zero-order valence-electron chi connectivity index (χ0n) is 11.9. The molecule has 1 aliphatic rings. The van der Waals surface area contributed by atoms with Gasteiger partial charge in [-0.25, -0.2) is 8.42 Å². The van der Waals surface area contributed by atoms with Crippen molar-refractivity contribution in [1.29, 1.82) is 0 Å².